The Balaban J connectivity index is 2.39. The molecule has 0 saturated carbocycles. The summed E-state index contributed by atoms with van der Waals surface area (Å²) in [4.78, 5) is 0. The predicted molar refractivity (Wildman–Crippen MR) is 102 cm³/mol. The van der Waals surface area contributed by atoms with Gasteiger partial charge in [-0.1, -0.05) is 44.2 Å². The van der Waals surface area contributed by atoms with Gasteiger partial charge in [0.2, 0.25) is 5.82 Å². The Hall–Kier alpha value is -3.26. The Bertz CT molecular complexity index is 1080. The second-order valence-corrected chi connectivity index (χ2v) is 6.42. The van der Waals surface area contributed by atoms with Crippen molar-refractivity contribution in [1.29, 1.82) is 5.26 Å². The van der Waals surface area contributed by atoms with Crippen LogP contribution in [-0.4, -0.2) is 5.11 Å². The number of nitriles is 1. The molecule has 3 aromatic carbocycles. The molecule has 1 N–H and O–H groups in total. The molecule has 0 aliphatic carbocycles. The van der Waals surface area contributed by atoms with Gasteiger partial charge in [-0.05, 0) is 52.8 Å². The first-order valence-corrected chi connectivity index (χ1v) is 8.94. The Morgan fingerprint density at radius 2 is 1.50 bits per heavy atom. The van der Waals surface area contributed by atoms with E-state index in [-0.39, 0.29) is 28.7 Å². The Morgan fingerprint density at radius 3 is 2.04 bits per heavy atom. The van der Waals surface area contributed by atoms with Gasteiger partial charge in [-0.2, -0.15) is 9.65 Å². The summed E-state index contributed by atoms with van der Waals surface area (Å²) in [7, 11) is 0. The lowest BCUT2D eigenvalue weighted by Gasteiger charge is -2.19. The van der Waals surface area contributed by atoms with Gasteiger partial charge in [0.15, 0.2) is 11.6 Å². The molecule has 0 atom stereocenters. The minimum Gasteiger partial charge on any atom is -0.504 e. The van der Waals surface area contributed by atoms with Crippen LogP contribution in [0.2, 0.25) is 0 Å². The van der Waals surface area contributed by atoms with Crippen molar-refractivity contribution in [3.05, 3.63) is 76.6 Å². The van der Waals surface area contributed by atoms with Crippen molar-refractivity contribution < 1.29 is 18.3 Å². The number of phenolic OH excluding ortho intramolecular Hbond substituents is 1. The number of rotatable bonds is 4. The van der Waals surface area contributed by atoms with Crippen molar-refractivity contribution >= 4 is 0 Å². The lowest BCUT2D eigenvalue weighted by atomic mass is 9.87. The third kappa shape index (κ3) is 3.22. The van der Waals surface area contributed by atoms with Gasteiger partial charge in [-0.3, -0.25) is 0 Å². The zero-order chi connectivity index (χ0) is 20.4. The normalized spacial score (nSPS) is 10.7. The molecule has 0 fully saturated rings. The van der Waals surface area contributed by atoms with Crippen molar-refractivity contribution in [2.24, 2.45) is 0 Å². The minimum absolute atomic E-state index is 0.00314. The van der Waals surface area contributed by atoms with E-state index in [1.807, 2.05) is 19.1 Å². The zero-order valence-electron chi connectivity index (χ0n) is 15.5. The Kier molecular flexibility index (Phi) is 5.41. The van der Waals surface area contributed by atoms with Crippen LogP contribution in [0.1, 0.15) is 30.5 Å². The Labute approximate surface area is 161 Å². The van der Waals surface area contributed by atoms with Crippen molar-refractivity contribution in [3.63, 3.8) is 0 Å². The Morgan fingerprint density at radius 1 is 0.857 bits per heavy atom. The summed E-state index contributed by atoms with van der Waals surface area (Å²) in [6, 6.07) is 12.7. The van der Waals surface area contributed by atoms with E-state index in [4.69, 9.17) is 5.26 Å². The molecule has 0 aliphatic heterocycles. The molecule has 0 unspecified atom stereocenters. The fourth-order valence-electron chi connectivity index (χ4n) is 3.33. The van der Waals surface area contributed by atoms with Crippen LogP contribution in [-0.2, 0) is 12.8 Å². The van der Waals surface area contributed by atoms with Gasteiger partial charge in [-0.25, -0.2) is 8.78 Å². The minimum atomic E-state index is -1.37. The van der Waals surface area contributed by atoms with Crippen molar-refractivity contribution in [3.8, 4) is 34.1 Å². The van der Waals surface area contributed by atoms with Crippen LogP contribution in [0.15, 0.2) is 42.5 Å². The van der Waals surface area contributed by atoms with E-state index in [9.17, 15) is 18.3 Å². The van der Waals surface area contributed by atoms with Gasteiger partial charge >= 0.3 is 0 Å². The fourth-order valence-corrected chi connectivity index (χ4v) is 3.33. The first-order valence-electron chi connectivity index (χ1n) is 8.94. The number of aryl methyl sites for hydroxylation is 1. The van der Waals surface area contributed by atoms with Crippen LogP contribution < -0.4 is 0 Å². The summed E-state index contributed by atoms with van der Waals surface area (Å²) in [6.07, 6.45) is 0.997. The summed E-state index contributed by atoms with van der Waals surface area (Å²) in [5.41, 5.74) is 2.06. The highest BCUT2D eigenvalue weighted by Crippen LogP contribution is 2.44. The molecular formula is C23H18F3NO. The number of aromatic hydroxyl groups is 1. The monoisotopic (exact) mass is 381 g/mol. The number of hydrogen-bond acceptors (Lipinski definition) is 2. The van der Waals surface area contributed by atoms with Crippen LogP contribution in [0.3, 0.4) is 0 Å². The summed E-state index contributed by atoms with van der Waals surface area (Å²) >= 11 is 0. The van der Waals surface area contributed by atoms with E-state index in [1.165, 1.54) is 12.1 Å². The number of nitrogens with zero attached hydrogens (tertiary/aromatic N) is 1. The molecule has 0 heterocycles. The average Bonchev–Trinajstić information content (AvgIpc) is 2.72. The second-order valence-electron chi connectivity index (χ2n) is 6.42. The van der Waals surface area contributed by atoms with Crippen LogP contribution >= 0.6 is 0 Å². The summed E-state index contributed by atoms with van der Waals surface area (Å²) in [6.45, 7) is 3.68. The third-order valence-electron chi connectivity index (χ3n) is 4.84. The number of benzene rings is 3. The quantitative estimate of drug-likeness (QED) is 0.590. The molecule has 0 aromatic heterocycles. The molecule has 3 rings (SSSR count). The van der Waals surface area contributed by atoms with Crippen LogP contribution in [0, 0.1) is 28.8 Å². The maximum absolute atomic E-state index is 14.6. The predicted octanol–water partition coefficient (Wildman–Crippen LogP) is 6.14. The summed E-state index contributed by atoms with van der Waals surface area (Å²) in [5.74, 6) is -4.17. The zero-order valence-corrected chi connectivity index (χ0v) is 15.5. The van der Waals surface area contributed by atoms with Gasteiger partial charge in [0.25, 0.3) is 0 Å². The molecule has 3 aromatic rings. The van der Waals surface area contributed by atoms with E-state index in [2.05, 4.69) is 0 Å². The van der Waals surface area contributed by atoms with Crippen LogP contribution in [0.4, 0.5) is 13.2 Å². The fraction of sp³-hybridized carbons (Fsp3) is 0.174. The molecule has 2 nitrogen and oxygen atoms in total. The van der Waals surface area contributed by atoms with Crippen molar-refractivity contribution in [2.45, 2.75) is 26.7 Å². The highest BCUT2D eigenvalue weighted by molar-refractivity contribution is 5.90. The van der Waals surface area contributed by atoms with Gasteiger partial charge in [0.05, 0.1) is 5.56 Å². The maximum Gasteiger partial charge on any atom is 0.201 e. The molecule has 0 radical (unpaired) electrons. The van der Waals surface area contributed by atoms with Crippen molar-refractivity contribution in [1.82, 2.24) is 0 Å². The molecule has 0 saturated heterocycles. The van der Waals surface area contributed by atoms with Gasteiger partial charge in [-0.15, -0.1) is 0 Å². The van der Waals surface area contributed by atoms with E-state index in [1.54, 1.807) is 25.1 Å². The van der Waals surface area contributed by atoms with Gasteiger partial charge in [0.1, 0.15) is 11.9 Å². The van der Waals surface area contributed by atoms with E-state index in [0.717, 1.165) is 18.1 Å². The molecule has 0 bridgehead atoms. The highest BCUT2D eigenvalue weighted by Gasteiger charge is 2.25. The molecule has 142 valence electrons. The number of phenols is 1. The first-order chi connectivity index (χ1) is 13.4. The van der Waals surface area contributed by atoms with Gasteiger partial charge in [0, 0.05) is 5.56 Å². The number of halogens is 3. The molecule has 28 heavy (non-hydrogen) atoms. The second kappa shape index (κ2) is 7.77. The smallest absolute Gasteiger partial charge is 0.201 e. The molecule has 0 aliphatic rings. The molecule has 0 amide bonds. The summed E-state index contributed by atoms with van der Waals surface area (Å²) < 4.78 is 43.2. The SMILES string of the molecule is CCc1ccc(-c2c(CC)c(F)c(F)c(O)c2-c2ccc(C#N)c(F)c2)cc1. The maximum atomic E-state index is 14.6. The van der Waals surface area contributed by atoms with E-state index in [0.29, 0.717) is 11.1 Å². The van der Waals surface area contributed by atoms with Crippen LogP contribution in [0.5, 0.6) is 5.75 Å². The summed E-state index contributed by atoms with van der Waals surface area (Å²) in [5, 5.41) is 19.3. The van der Waals surface area contributed by atoms with E-state index >= 15 is 0 Å². The van der Waals surface area contributed by atoms with Crippen molar-refractivity contribution in [2.75, 3.05) is 0 Å². The third-order valence-corrected chi connectivity index (χ3v) is 4.84. The molecule has 5 heteroatoms. The molecular weight excluding hydrogens is 363 g/mol. The lowest BCUT2D eigenvalue weighted by Crippen LogP contribution is -2.02. The lowest BCUT2D eigenvalue weighted by molar-refractivity contribution is 0.406. The van der Waals surface area contributed by atoms with Gasteiger partial charge < -0.3 is 5.11 Å². The standard InChI is InChI=1S/C23H18F3NO/c1-3-13-5-7-14(8-6-13)19-17(4-2)21(25)22(26)23(28)20(19)15-9-10-16(12-27)18(24)11-15/h5-11,28H,3-4H2,1-2H3. The topological polar surface area (TPSA) is 44.0 Å². The average molecular weight is 381 g/mol. The highest BCUT2D eigenvalue weighted by atomic mass is 19.2. The first kappa shape index (κ1) is 19.5. The van der Waals surface area contributed by atoms with E-state index < -0.39 is 23.2 Å². The molecule has 0 spiro atoms. The number of hydrogen-bond donors (Lipinski definition) is 1. The van der Waals surface area contributed by atoms with Crippen LogP contribution in [0.25, 0.3) is 22.3 Å². The largest absolute Gasteiger partial charge is 0.504 e.